The second kappa shape index (κ2) is 9.01. The first-order valence-corrected chi connectivity index (χ1v) is 10.1. The lowest BCUT2D eigenvalue weighted by molar-refractivity contribution is -0.126. The van der Waals surface area contributed by atoms with Crippen molar-refractivity contribution in [2.45, 2.75) is 32.9 Å². The number of nitrogens with zero attached hydrogens (tertiary/aromatic N) is 3. The van der Waals surface area contributed by atoms with Crippen molar-refractivity contribution in [2.75, 3.05) is 13.1 Å². The highest BCUT2D eigenvalue weighted by atomic mass is 16.5. The van der Waals surface area contributed by atoms with Gasteiger partial charge in [-0.15, -0.1) is 0 Å². The number of nitrogens with one attached hydrogen (secondary N) is 1. The molecule has 2 heterocycles. The fraction of sp³-hybridized carbons (Fsp3) is 0.348. The number of rotatable bonds is 6. The molecule has 1 N–H and O–H groups in total. The number of aromatic nitrogens is 2. The fourth-order valence-electron chi connectivity index (χ4n) is 3.64. The second-order valence-electron chi connectivity index (χ2n) is 7.63. The van der Waals surface area contributed by atoms with Crippen molar-refractivity contribution < 1.29 is 9.32 Å². The molecular formula is C23H26N4O2. The van der Waals surface area contributed by atoms with Crippen molar-refractivity contribution in [2.24, 2.45) is 5.92 Å². The molecule has 0 radical (unpaired) electrons. The largest absolute Gasteiger partial charge is 0.347 e. The quantitative estimate of drug-likeness (QED) is 0.697. The Hall–Kier alpha value is -2.99. The van der Waals surface area contributed by atoms with Crippen molar-refractivity contribution >= 4 is 5.91 Å². The van der Waals surface area contributed by atoms with E-state index in [1.54, 1.807) is 0 Å². The molecule has 150 valence electrons. The average Bonchev–Trinajstić information content (AvgIpc) is 3.24. The molecule has 0 saturated carbocycles. The van der Waals surface area contributed by atoms with Crippen LogP contribution in [0.3, 0.4) is 0 Å². The highest BCUT2D eigenvalue weighted by Crippen LogP contribution is 2.20. The summed E-state index contributed by atoms with van der Waals surface area (Å²) in [6.07, 6.45) is 1.74. The number of piperidine rings is 1. The maximum atomic E-state index is 12.5. The monoisotopic (exact) mass is 390 g/mol. The average molecular weight is 390 g/mol. The molecule has 0 aliphatic carbocycles. The fourth-order valence-corrected chi connectivity index (χ4v) is 3.64. The summed E-state index contributed by atoms with van der Waals surface area (Å²) < 4.78 is 5.26. The summed E-state index contributed by atoms with van der Waals surface area (Å²) in [6.45, 7) is 5.18. The van der Waals surface area contributed by atoms with Gasteiger partial charge in [-0.05, 0) is 38.4 Å². The van der Waals surface area contributed by atoms with Crippen LogP contribution in [0.1, 0.15) is 29.9 Å². The van der Waals surface area contributed by atoms with E-state index in [1.165, 1.54) is 11.1 Å². The van der Waals surface area contributed by atoms with Crippen molar-refractivity contribution in [3.63, 3.8) is 0 Å². The second-order valence-corrected chi connectivity index (χ2v) is 7.63. The van der Waals surface area contributed by atoms with Crippen LogP contribution in [0.5, 0.6) is 0 Å². The molecule has 0 unspecified atom stereocenters. The van der Waals surface area contributed by atoms with Crippen LogP contribution in [0.2, 0.25) is 0 Å². The van der Waals surface area contributed by atoms with Gasteiger partial charge in [0, 0.05) is 18.0 Å². The van der Waals surface area contributed by atoms with E-state index in [9.17, 15) is 4.79 Å². The van der Waals surface area contributed by atoms with Crippen LogP contribution in [-0.2, 0) is 17.9 Å². The normalized spacial score (nSPS) is 15.3. The van der Waals surface area contributed by atoms with Crippen LogP contribution >= 0.6 is 0 Å². The van der Waals surface area contributed by atoms with Crippen molar-refractivity contribution in [3.8, 4) is 11.4 Å². The molecule has 1 amide bonds. The zero-order chi connectivity index (χ0) is 20.1. The first-order chi connectivity index (χ1) is 14.2. The number of benzene rings is 2. The summed E-state index contributed by atoms with van der Waals surface area (Å²) in [5, 5.41) is 6.94. The number of carbonyl (C=O) groups is 1. The van der Waals surface area contributed by atoms with E-state index in [-0.39, 0.29) is 18.4 Å². The predicted octanol–water partition coefficient (Wildman–Crippen LogP) is 3.57. The first kappa shape index (κ1) is 19.3. The maximum absolute atomic E-state index is 12.5. The Labute approximate surface area is 170 Å². The molecule has 6 nitrogen and oxygen atoms in total. The number of aryl methyl sites for hydroxylation is 1. The Morgan fingerprint density at radius 2 is 1.83 bits per heavy atom. The topological polar surface area (TPSA) is 71.3 Å². The zero-order valence-corrected chi connectivity index (χ0v) is 16.7. The third-order valence-corrected chi connectivity index (χ3v) is 5.40. The van der Waals surface area contributed by atoms with Crippen molar-refractivity contribution in [1.82, 2.24) is 20.4 Å². The Morgan fingerprint density at radius 3 is 2.55 bits per heavy atom. The highest BCUT2D eigenvalue weighted by molar-refractivity contribution is 5.78. The Morgan fingerprint density at radius 1 is 1.10 bits per heavy atom. The van der Waals surface area contributed by atoms with Gasteiger partial charge in [-0.1, -0.05) is 65.3 Å². The molecule has 0 spiro atoms. The van der Waals surface area contributed by atoms with E-state index in [0.717, 1.165) is 38.0 Å². The molecule has 0 bridgehead atoms. The number of carbonyl (C=O) groups excluding carboxylic acids is 1. The van der Waals surface area contributed by atoms with E-state index in [1.807, 2.05) is 30.3 Å². The number of hydrogen-bond acceptors (Lipinski definition) is 5. The van der Waals surface area contributed by atoms with Gasteiger partial charge in [-0.25, -0.2) is 0 Å². The SMILES string of the molecule is Cc1ccc(CN2CCC(C(=O)NCc3nc(-c4ccccc4)no3)CC2)cc1. The number of likely N-dealkylation sites (tertiary alicyclic amines) is 1. The van der Waals surface area contributed by atoms with Crippen LogP contribution in [0.4, 0.5) is 0 Å². The van der Waals surface area contributed by atoms with Crippen LogP contribution in [0.15, 0.2) is 59.1 Å². The van der Waals surface area contributed by atoms with E-state index in [4.69, 9.17) is 4.52 Å². The molecule has 6 heteroatoms. The van der Waals surface area contributed by atoms with Crippen molar-refractivity contribution in [3.05, 3.63) is 71.6 Å². The van der Waals surface area contributed by atoms with E-state index >= 15 is 0 Å². The molecule has 1 saturated heterocycles. The molecule has 3 aromatic rings. The molecule has 2 aromatic carbocycles. The lowest BCUT2D eigenvalue weighted by Crippen LogP contribution is -2.40. The summed E-state index contributed by atoms with van der Waals surface area (Å²) in [7, 11) is 0. The lowest BCUT2D eigenvalue weighted by Gasteiger charge is -2.31. The minimum absolute atomic E-state index is 0.0424. The Balaban J connectivity index is 1.23. The Bertz CT molecular complexity index is 929. The zero-order valence-electron chi connectivity index (χ0n) is 16.7. The van der Waals surface area contributed by atoms with Crippen LogP contribution in [-0.4, -0.2) is 34.0 Å². The van der Waals surface area contributed by atoms with Crippen LogP contribution in [0, 0.1) is 12.8 Å². The summed E-state index contributed by atoms with van der Waals surface area (Å²) in [6, 6.07) is 18.3. The van der Waals surface area contributed by atoms with E-state index < -0.39 is 0 Å². The van der Waals surface area contributed by atoms with Gasteiger partial charge in [0.25, 0.3) is 0 Å². The molecule has 1 aromatic heterocycles. The third-order valence-electron chi connectivity index (χ3n) is 5.40. The first-order valence-electron chi connectivity index (χ1n) is 10.1. The third kappa shape index (κ3) is 5.09. The van der Waals surface area contributed by atoms with Gasteiger partial charge in [-0.3, -0.25) is 9.69 Å². The number of hydrogen-bond donors (Lipinski definition) is 1. The van der Waals surface area contributed by atoms with Crippen molar-refractivity contribution in [1.29, 1.82) is 0 Å². The lowest BCUT2D eigenvalue weighted by atomic mass is 9.95. The smallest absolute Gasteiger partial charge is 0.246 e. The highest BCUT2D eigenvalue weighted by Gasteiger charge is 2.25. The minimum atomic E-state index is 0.0424. The summed E-state index contributed by atoms with van der Waals surface area (Å²) >= 11 is 0. The van der Waals surface area contributed by atoms with Crippen LogP contribution < -0.4 is 5.32 Å². The van der Waals surface area contributed by atoms with E-state index in [0.29, 0.717) is 11.7 Å². The molecule has 1 aliphatic heterocycles. The molecule has 1 aliphatic rings. The van der Waals surface area contributed by atoms with Gasteiger partial charge in [0.05, 0.1) is 6.54 Å². The van der Waals surface area contributed by atoms with Crippen LogP contribution in [0.25, 0.3) is 11.4 Å². The minimum Gasteiger partial charge on any atom is -0.347 e. The van der Waals surface area contributed by atoms with E-state index in [2.05, 4.69) is 51.5 Å². The van der Waals surface area contributed by atoms with Gasteiger partial charge >= 0.3 is 0 Å². The summed E-state index contributed by atoms with van der Waals surface area (Å²) in [5.41, 5.74) is 3.50. The number of amides is 1. The van der Waals surface area contributed by atoms with Gasteiger partial charge in [-0.2, -0.15) is 4.98 Å². The Kier molecular flexibility index (Phi) is 6.00. The molecular weight excluding hydrogens is 364 g/mol. The standard InChI is InChI=1S/C23H26N4O2/c1-17-7-9-18(10-8-17)16-27-13-11-20(12-14-27)23(28)24-15-21-25-22(26-29-21)19-5-3-2-4-6-19/h2-10,20H,11-16H2,1H3,(H,24,28). The summed E-state index contributed by atoms with van der Waals surface area (Å²) in [4.78, 5) is 19.3. The maximum Gasteiger partial charge on any atom is 0.246 e. The molecule has 29 heavy (non-hydrogen) atoms. The molecule has 4 rings (SSSR count). The van der Waals surface area contributed by atoms with Gasteiger partial charge in [0.2, 0.25) is 17.6 Å². The predicted molar refractivity (Wildman–Crippen MR) is 111 cm³/mol. The van der Waals surface area contributed by atoms with Gasteiger partial charge in [0.15, 0.2) is 0 Å². The molecule has 0 atom stereocenters. The van der Waals surface area contributed by atoms with Gasteiger partial charge in [0.1, 0.15) is 0 Å². The summed E-state index contributed by atoms with van der Waals surface area (Å²) in [5.74, 6) is 1.08. The molecule has 1 fully saturated rings. The van der Waals surface area contributed by atoms with Gasteiger partial charge < -0.3 is 9.84 Å².